The number of nitrogens with one attached hydrogen (secondary N) is 1. The van der Waals surface area contributed by atoms with Crippen LogP contribution in [0.4, 0.5) is 5.69 Å². The Kier molecular flexibility index (Phi) is 4.15. The lowest BCUT2D eigenvalue weighted by atomic mass is 10.1. The number of nitrogens with zero attached hydrogens (tertiary/aromatic N) is 1. The Morgan fingerprint density at radius 2 is 2.00 bits per heavy atom. The maximum absolute atomic E-state index is 12.6. The van der Waals surface area contributed by atoms with E-state index < -0.39 is 0 Å². The van der Waals surface area contributed by atoms with Crippen LogP contribution in [-0.4, -0.2) is 10.9 Å². The number of carbonyl (C=O) groups excluding carboxylic acids is 1. The van der Waals surface area contributed by atoms with E-state index in [1.54, 1.807) is 17.5 Å². The van der Waals surface area contributed by atoms with E-state index in [0.717, 1.165) is 26.0 Å². The first kappa shape index (κ1) is 16.1. The van der Waals surface area contributed by atoms with E-state index in [-0.39, 0.29) is 5.91 Å². The van der Waals surface area contributed by atoms with E-state index in [9.17, 15) is 4.79 Å². The summed E-state index contributed by atoms with van der Waals surface area (Å²) in [5, 5.41) is 6.71. The minimum absolute atomic E-state index is 0.258. The zero-order chi connectivity index (χ0) is 17.4. The number of hydrogen-bond donors (Lipinski definition) is 1. The van der Waals surface area contributed by atoms with E-state index in [0.29, 0.717) is 17.0 Å². The largest absolute Gasteiger partial charge is 0.451 e. The summed E-state index contributed by atoms with van der Waals surface area (Å²) in [4.78, 5) is 16.9. The van der Waals surface area contributed by atoms with Gasteiger partial charge in [-0.25, -0.2) is 4.98 Å². The molecule has 4 nitrogen and oxygen atoms in total. The van der Waals surface area contributed by atoms with Gasteiger partial charge in [0.2, 0.25) is 0 Å². The van der Waals surface area contributed by atoms with Crippen molar-refractivity contribution in [3.05, 3.63) is 69.8 Å². The van der Waals surface area contributed by atoms with Crippen LogP contribution in [0.25, 0.3) is 21.5 Å². The molecule has 4 aromatic rings. The van der Waals surface area contributed by atoms with E-state index in [2.05, 4.69) is 26.2 Å². The molecule has 0 spiro atoms. The highest BCUT2D eigenvalue weighted by molar-refractivity contribution is 9.10. The maximum Gasteiger partial charge on any atom is 0.291 e. The third kappa shape index (κ3) is 3.10. The van der Waals surface area contributed by atoms with Gasteiger partial charge in [0.1, 0.15) is 10.6 Å². The zero-order valence-corrected chi connectivity index (χ0v) is 15.6. The van der Waals surface area contributed by atoms with Crippen LogP contribution in [0, 0.1) is 6.92 Å². The number of fused-ring (bicyclic) bond motifs is 1. The fourth-order valence-electron chi connectivity index (χ4n) is 2.66. The van der Waals surface area contributed by atoms with Crippen molar-refractivity contribution >= 4 is 49.8 Å². The molecular weight excluding hydrogens is 400 g/mol. The number of carbonyl (C=O) groups is 1. The summed E-state index contributed by atoms with van der Waals surface area (Å²) in [5.41, 5.74) is 3.27. The summed E-state index contributed by atoms with van der Waals surface area (Å²) in [7, 11) is 0. The Morgan fingerprint density at radius 1 is 1.20 bits per heavy atom. The number of hydrogen-bond acceptors (Lipinski definition) is 4. The van der Waals surface area contributed by atoms with Crippen molar-refractivity contribution in [2.75, 3.05) is 5.32 Å². The van der Waals surface area contributed by atoms with Crippen LogP contribution in [0.15, 0.2) is 62.9 Å². The first-order valence-electron chi connectivity index (χ1n) is 7.62. The number of anilines is 1. The predicted octanol–water partition coefficient (Wildman–Crippen LogP) is 5.88. The van der Waals surface area contributed by atoms with Gasteiger partial charge in [0.05, 0.1) is 0 Å². The maximum atomic E-state index is 12.6. The van der Waals surface area contributed by atoms with Crippen molar-refractivity contribution in [1.29, 1.82) is 0 Å². The standard InChI is InChI=1S/C19H13BrN2O2S/c1-11-15-10-13(20)4-7-16(15)24-17(11)18(23)22-14-5-2-12(3-6-14)19-21-8-9-25-19/h2-10H,1H3,(H,22,23). The highest BCUT2D eigenvalue weighted by Gasteiger charge is 2.18. The minimum Gasteiger partial charge on any atom is -0.451 e. The van der Waals surface area contributed by atoms with Crippen molar-refractivity contribution < 1.29 is 9.21 Å². The van der Waals surface area contributed by atoms with Crippen molar-refractivity contribution in [1.82, 2.24) is 4.98 Å². The lowest BCUT2D eigenvalue weighted by Gasteiger charge is -2.04. The van der Waals surface area contributed by atoms with Gasteiger partial charge in [-0.15, -0.1) is 11.3 Å². The smallest absolute Gasteiger partial charge is 0.291 e. The van der Waals surface area contributed by atoms with Crippen molar-refractivity contribution in [3.63, 3.8) is 0 Å². The lowest BCUT2D eigenvalue weighted by molar-refractivity contribution is 0.0998. The van der Waals surface area contributed by atoms with E-state index >= 15 is 0 Å². The van der Waals surface area contributed by atoms with Gasteiger partial charge in [-0.2, -0.15) is 0 Å². The van der Waals surface area contributed by atoms with Crippen LogP contribution in [0.3, 0.4) is 0 Å². The van der Waals surface area contributed by atoms with E-state index in [4.69, 9.17) is 4.42 Å². The first-order valence-corrected chi connectivity index (χ1v) is 9.29. The number of aromatic nitrogens is 1. The van der Waals surface area contributed by atoms with Crippen molar-refractivity contribution in [3.8, 4) is 10.6 Å². The summed E-state index contributed by atoms with van der Waals surface area (Å²) < 4.78 is 6.68. The third-order valence-corrected chi connectivity index (χ3v) is 5.24. The summed E-state index contributed by atoms with van der Waals surface area (Å²) in [6.07, 6.45) is 1.78. The van der Waals surface area contributed by atoms with Gasteiger partial charge in [-0.05, 0) is 49.4 Å². The van der Waals surface area contributed by atoms with Gasteiger partial charge in [0.25, 0.3) is 5.91 Å². The second-order valence-corrected chi connectivity index (χ2v) is 7.38. The molecule has 0 saturated carbocycles. The quantitative estimate of drug-likeness (QED) is 0.456. The molecule has 2 aromatic heterocycles. The van der Waals surface area contributed by atoms with E-state index in [1.165, 1.54) is 0 Å². The predicted molar refractivity (Wildman–Crippen MR) is 104 cm³/mol. The molecule has 0 bridgehead atoms. The molecule has 2 heterocycles. The number of amides is 1. The summed E-state index contributed by atoms with van der Waals surface area (Å²) in [5.74, 6) is 0.0731. The Bertz CT molecular complexity index is 1050. The highest BCUT2D eigenvalue weighted by Crippen LogP contribution is 2.29. The van der Waals surface area contributed by atoms with Gasteiger partial charge in [0, 0.05) is 38.3 Å². The van der Waals surface area contributed by atoms with Crippen LogP contribution in [0.5, 0.6) is 0 Å². The number of aryl methyl sites for hydroxylation is 1. The molecule has 0 fully saturated rings. The Hall–Kier alpha value is -2.44. The zero-order valence-electron chi connectivity index (χ0n) is 13.2. The van der Waals surface area contributed by atoms with Gasteiger partial charge in [-0.3, -0.25) is 4.79 Å². The second kappa shape index (κ2) is 6.46. The molecule has 0 aliphatic rings. The summed E-state index contributed by atoms with van der Waals surface area (Å²) >= 11 is 5.02. The topological polar surface area (TPSA) is 55.1 Å². The first-order chi connectivity index (χ1) is 12.1. The molecule has 0 unspecified atom stereocenters. The minimum atomic E-state index is -0.258. The fourth-order valence-corrected chi connectivity index (χ4v) is 3.67. The van der Waals surface area contributed by atoms with Crippen LogP contribution in [0.2, 0.25) is 0 Å². The van der Waals surface area contributed by atoms with Crippen LogP contribution < -0.4 is 5.32 Å². The number of benzene rings is 2. The molecule has 0 aliphatic heterocycles. The molecule has 6 heteroatoms. The molecule has 0 aliphatic carbocycles. The molecule has 0 saturated heterocycles. The average Bonchev–Trinajstić information content (AvgIpc) is 3.25. The van der Waals surface area contributed by atoms with Crippen LogP contribution in [0.1, 0.15) is 16.1 Å². The van der Waals surface area contributed by atoms with Crippen molar-refractivity contribution in [2.24, 2.45) is 0 Å². The molecule has 25 heavy (non-hydrogen) atoms. The lowest BCUT2D eigenvalue weighted by Crippen LogP contribution is -2.11. The number of thiazole rings is 1. The Morgan fingerprint density at radius 3 is 2.72 bits per heavy atom. The normalized spacial score (nSPS) is 11.0. The SMILES string of the molecule is Cc1c(C(=O)Nc2ccc(-c3nccs3)cc2)oc2ccc(Br)cc12. The molecule has 124 valence electrons. The summed E-state index contributed by atoms with van der Waals surface area (Å²) in [6.45, 7) is 1.89. The fraction of sp³-hybridized carbons (Fsp3) is 0.0526. The average molecular weight is 413 g/mol. The van der Waals surface area contributed by atoms with Gasteiger partial charge < -0.3 is 9.73 Å². The van der Waals surface area contributed by atoms with Crippen molar-refractivity contribution in [2.45, 2.75) is 6.92 Å². The second-order valence-electron chi connectivity index (χ2n) is 5.57. The molecule has 0 radical (unpaired) electrons. The molecule has 4 rings (SSSR count). The Labute approximate surface area is 156 Å². The van der Waals surface area contributed by atoms with Gasteiger partial charge >= 0.3 is 0 Å². The summed E-state index contributed by atoms with van der Waals surface area (Å²) in [6, 6.07) is 13.3. The number of halogens is 1. The van der Waals surface area contributed by atoms with Crippen LogP contribution in [-0.2, 0) is 0 Å². The molecule has 0 atom stereocenters. The molecule has 2 aromatic carbocycles. The highest BCUT2D eigenvalue weighted by atomic mass is 79.9. The Balaban J connectivity index is 1.59. The number of rotatable bonds is 3. The number of furan rings is 1. The third-order valence-electron chi connectivity index (χ3n) is 3.93. The molecule has 1 amide bonds. The monoisotopic (exact) mass is 412 g/mol. The van der Waals surface area contributed by atoms with Crippen LogP contribution >= 0.6 is 27.3 Å². The molecular formula is C19H13BrN2O2S. The van der Waals surface area contributed by atoms with E-state index in [1.807, 2.05) is 54.8 Å². The van der Waals surface area contributed by atoms with Gasteiger partial charge in [-0.1, -0.05) is 15.9 Å². The van der Waals surface area contributed by atoms with Gasteiger partial charge in [0.15, 0.2) is 5.76 Å². The molecule has 1 N–H and O–H groups in total.